The molecule has 0 saturated carbocycles. The lowest BCUT2D eigenvalue weighted by Gasteiger charge is -2.29. The topological polar surface area (TPSA) is 59.1 Å². The summed E-state index contributed by atoms with van der Waals surface area (Å²) in [5, 5.41) is 0. The van der Waals surface area contributed by atoms with Gasteiger partial charge in [0.1, 0.15) is 17.4 Å². The molecular weight excluding hydrogens is 291 g/mol. The van der Waals surface area contributed by atoms with E-state index in [1.165, 1.54) is 16.8 Å². The Hall–Kier alpha value is -1.53. The van der Waals surface area contributed by atoms with E-state index < -0.39 is 35.6 Å². The highest BCUT2D eigenvalue weighted by Gasteiger charge is 2.41. The van der Waals surface area contributed by atoms with Gasteiger partial charge in [0.05, 0.1) is 12.6 Å². The van der Waals surface area contributed by atoms with Gasteiger partial charge in [-0.05, 0) is 41.5 Å². The highest BCUT2D eigenvalue weighted by Crippen LogP contribution is 2.22. The van der Waals surface area contributed by atoms with Gasteiger partial charge < -0.3 is 19.3 Å². The Labute approximate surface area is 131 Å². The zero-order valence-electron chi connectivity index (χ0n) is 14.5. The number of rotatable bonds is 1. The van der Waals surface area contributed by atoms with Crippen molar-refractivity contribution in [3.63, 3.8) is 0 Å². The maximum Gasteiger partial charge on any atom is 0.410 e. The first-order chi connectivity index (χ1) is 9.80. The van der Waals surface area contributed by atoms with Crippen LogP contribution in [0, 0.1) is 0 Å². The predicted molar refractivity (Wildman–Crippen MR) is 80.5 cm³/mol. The first kappa shape index (κ1) is 18.5. The Morgan fingerprint density at radius 3 is 2.00 bits per heavy atom. The maximum absolute atomic E-state index is 14.2. The number of ether oxygens (including phenoxy) is 2. The van der Waals surface area contributed by atoms with Crippen molar-refractivity contribution in [1.82, 2.24) is 9.80 Å². The number of amides is 2. The van der Waals surface area contributed by atoms with Crippen molar-refractivity contribution in [1.29, 1.82) is 0 Å². The quantitative estimate of drug-likeness (QED) is 0.746. The van der Waals surface area contributed by atoms with E-state index in [1.807, 2.05) is 0 Å². The van der Waals surface area contributed by atoms with Crippen LogP contribution in [0.4, 0.5) is 14.0 Å². The summed E-state index contributed by atoms with van der Waals surface area (Å²) in [6.07, 6.45) is -2.51. The predicted octanol–water partition coefficient (Wildman–Crippen LogP) is 2.81. The second kappa shape index (κ2) is 6.30. The van der Waals surface area contributed by atoms with Crippen LogP contribution in [0.15, 0.2) is 0 Å². The second-order valence-electron chi connectivity index (χ2n) is 7.56. The van der Waals surface area contributed by atoms with Crippen LogP contribution < -0.4 is 0 Å². The molecule has 0 N–H and O–H groups in total. The summed E-state index contributed by atoms with van der Waals surface area (Å²) in [7, 11) is 1.48. The van der Waals surface area contributed by atoms with Crippen molar-refractivity contribution in [2.24, 2.45) is 0 Å². The fourth-order valence-electron chi connectivity index (χ4n) is 2.06. The lowest BCUT2D eigenvalue weighted by Crippen LogP contribution is -2.45. The summed E-state index contributed by atoms with van der Waals surface area (Å²) in [6, 6.07) is -0.734. The zero-order valence-corrected chi connectivity index (χ0v) is 14.5. The van der Waals surface area contributed by atoms with E-state index in [-0.39, 0.29) is 13.1 Å². The lowest BCUT2D eigenvalue weighted by atomic mass is 10.2. The molecule has 128 valence electrons. The number of carbonyl (C=O) groups is 2. The van der Waals surface area contributed by atoms with Crippen molar-refractivity contribution in [2.45, 2.75) is 65.0 Å². The van der Waals surface area contributed by atoms with Gasteiger partial charge in [0.15, 0.2) is 0 Å². The fraction of sp³-hybridized carbons (Fsp3) is 0.867. The van der Waals surface area contributed by atoms with Crippen molar-refractivity contribution >= 4 is 12.2 Å². The number of nitrogens with zero attached hydrogens (tertiary/aromatic N) is 2. The van der Waals surface area contributed by atoms with Gasteiger partial charge in [0.25, 0.3) is 0 Å². The summed E-state index contributed by atoms with van der Waals surface area (Å²) >= 11 is 0. The normalized spacial score (nSPS) is 22.5. The minimum absolute atomic E-state index is 0.0891. The van der Waals surface area contributed by atoms with Crippen molar-refractivity contribution in [3.05, 3.63) is 0 Å². The summed E-state index contributed by atoms with van der Waals surface area (Å²) in [5.74, 6) is 0. The molecule has 0 aromatic rings. The molecule has 1 aliphatic heterocycles. The van der Waals surface area contributed by atoms with Crippen LogP contribution in [-0.2, 0) is 9.47 Å². The third-order valence-corrected chi connectivity index (χ3v) is 3.05. The van der Waals surface area contributed by atoms with E-state index in [9.17, 15) is 14.0 Å². The van der Waals surface area contributed by atoms with Gasteiger partial charge >= 0.3 is 12.2 Å². The first-order valence-electron chi connectivity index (χ1n) is 7.38. The van der Waals surface area contributed by atoms with Crippen LogP contribution >= 0.6 is 0 Å². The molecule has 0 bridgehead atoms. The fourth-order valence-corrected chi connectivity index (χ4v) is 2.06. The minimum atomic E-state index is -1.33. The molecule has 1 saturated heterocycles. The van der Waals surface area contributed by atoms with Gasteiger partial charge in [0.2, 0.25) is 0 Å². The molecule has 1 fully saturated rings. The summed E-state index contributed by atoms with van der Waals surface area (Å²) in [4.78, 5) is 26.5. The summed E-state index contributed by atoms with van der Waals surface area (Å²) < 4.78 is 24.6. The molecule has 22 heavy (non-hydrogen) atoms. The van der Waals surface area contributed by atoms with Gasteiger partial charge in [-0.15, -0.1) is 0 Å². The summed E-state index contributed by atoms with van der Waals surface area (Å²) in [5.41, 5.74) is -1.29. The molecule has 0 aromatic heterocycles. The monoisotopic (exact) mass is 318 g/mol. The zero-order chi connectivity index (χ0) is 17.3. The molecule has 0 aromatic carbocycles. The number of halogens is 1. The highest BCUT2D eigenvalue weighted by atomic mass is 19.1. The Kier molecular flexibility index (Phi) is 5.30. The molecule has 1 rings (SSSR count). The first-order valence-corrected chi connectivity index (χ1v) is 7.38. The average molecular weight is 318 g/mol. The molecule has 7 heteroatoms. The molecule has 0 radical (unpaired) electrons. The SMILES string of the molecule is CN(C(=O)OC(C)(C)C)C1CN(C(=O)OC(C)(C)C)CC1F. The van der Waals surface area contributed by atoms with Crippen LogP contribution in [0.2, 0.25) is 0 Å². The molecule has 2 atom stereocenters. The number of carbonyl (C=O) groups excluding carboxylic acids is 2. The van der Waals surface area contributed by atoms with E-state index in [4.69, 9.17) is 9.47 Å². The number of hydrogen-bond acceptors (Lipinski definition) is 4. The van der Waals surface area contributed by atoms with Crippen LogP contribution in [-0.4, -0.2) is 65.5 Å². The Morgan fingerprint density at radius 2 is 1.55 bits per heavy atom. The van der Waals surface area contributed by atoms with E-state index in [1.54, 1.807) is 41.5 Å². The molecular formula is C15H27FN2O4. The van der Waals surface area contributed by atoms with Gasteiger partial charge in [0, 0.05) is 13.6 Å². The molecule has 2 amide bonds. The van der Waals surface area contributed by atoms with Gasteiger partial charge in [-0.2, -0.15) is 0 Å². The third kappa shape index (κ3) is 5.35. The minimum Gasteiger partial charge on any atom is -0.444 e. The van der Waals surface area contributed by atoms with Crippen molar-refractivity contribution < 1.29 is 23.5 Å². The smallest absolute Gasteiger partial charge is 0.410 e. The largest absolute Gasteiger partial charge is 0.444 e. The molecule has 0 spiro atoms. The molecule has 0 aliphatic carbocycles. The van der Waals surface area contributed by atoms with E-state index in [0.29, 0.717) is 0 Å². The van der Waals surface area contributed by atoms with Gasteiger partial charge in [-0.25, -0.2) is 14.0 Å². The number of alkyl halides is 1. The highest BCUT2D eigenvalue weighted by molar-refractivity contribution is 5.70. The molecule has 1 heterocycles. The average Bonchev–Trinajstić information content (AvgIpc) is 2.65. The van der Waals surface area contributed by atoms with Crippen LogP contribution in [0.3, 0.4) is 0 Å². The van der Waals surface area contributed by atoms with E-state index in [0.717, 1.165) is 0 Å². The van der Waals surface area contributed by atoms with Crippen molar-refractivity contribution in [2.75, 3.05) is 20.1 Å². The Morgan fingerprint density at radius 1 is 1.05 bits per heavy atom. The Balaban J connectivity index is 2.67. The molecule has 2 unspecified atom stereocenters. The van der Waals surface area contributed by atoms with Gasteiger partial charge in [-0.1, -0.05) is 0 Å². The van der Waals surface area contributed by atoms with E-state index in [2.05, 4.69) is 0 Å². The van der Waals surface area contributed by atoms with Crippen LogP contribution in [0.25, 0.3) is 0 Å². The van der Waals surface area contributed by atoms with Crippen LogP contribution in [0.5, 0.6) is 0 Å². The number of hydrogen-bond donors (Lipinski definition) is 0. The van der Waals surface area contributed by atoms with Crippen LogP contribution in [0.1, 0.15) is 41.5 Å². The Bertz CT molecular complexity index is 428. The molecule has 1 aliphatic rings. The number of likely N-dealkylation sites (N-methyl/N-ethyl adjacent to an activating group) is 1. The van der Waals surface area contributed by atoms with Gasteiger partial charge in [-0.3, -0.25) is 0 Å². The van der Waals surface area contributed by atoms with Crippen molar-refractivity contribution in [3.8, 4) is 0 Å². The summed E-state index contributed by atoms with van der Waals surface area (Å²) in [6.45, 7) is 10.5. The standard InChI is InChI=1S/C15H27FN2O4/c1-14(2,3)21-12(19)17(7)11-9-18(8-10(11)16)13(20)22-15(4,5)6/h10-11H,8-9H2,1-7H3. The number of likely N-dealkylation sites (tertiary alicyclic amines) is 1. The molecule has 6 nitrogen and oxygen atoms in total. The van der Waals surface area contributed by atoms with E-state index >= 15 is 0 Å². The second-order valence-corrected chi connectivity index (χ2v) is 7.56. The lowest BCUT2D eigenvalue weighted by molar-refractivity contribution is 0.0156. The maximum atomic E-state index is 14.2. The third-order valence-electron chi connectivity index (χ3n) is 3.05.